The van der Waals surface area contributed by atoms with Crippen LogP contribution in [-0.2, 0) is 4.79 Å². The molecule has 1 aliphatic heterocycles. The van der Waals surface area contributed by atoms with Crippen molar-refractivity contribution in [1.82, 2.24) is 10.6 Å². The Balaban J connectivity index is 1.90. The van der Waals surface area contributed by atoms with E-state index in [-0.39, 0.29) is 29.4 Å². The largest absolute Gasteiger partial charge is 0.389 e. The van der Waals surface area contributed by atoms with Gasteiger partial charge in [-0.25, -0.2) is 0 Å². The molecule has 0 bridgehead atoms. The van der Waals surface area contributed by atoms with E-state index in [9.17, 15) is 9.90 Å². The Hall–Kier alpha value is -0.610. The Kier molecular flexibility index (Phi) is 4.69. The predicted molar refractivity (Wildman–Crippen MR) is 85.1 cm³/mol. The number of nitrogens with one attached hydrogen (secondary N) is 2. The SMILES string of the molecule is CC1(C)CC(NC(=O)CC2(O)CCCCC2)CC(C)(C)N1. The summed E-state index contributed by atoms with van der Waals surface area (Å²) in [6.07, 6.45) is 6.92. The second kappa shape index (κ2) is 5.88. The summed E-state index contributed by atoms with van der Waals surface area (Å²) in [5.74, 6) is 0.0119. The zero-order chi connectivity index (χ0) is 15.7. The number of hydrogen-bond donors (Lipinski definition) is 3. The van der Waals surface area contributed by atoms with Crippen LogP contribution in [0.1, 0.15) is 79.1 Å². The van der Waals surface area contributed by atoms with Gasteiger partial charge in [0.2, 0.25) is 5.91 Å². The van der Waals surface area contributed by atoms with Crippen LogP contribution in [0.15, 0.2) is 0 Å². The molecule has 2 fully saturated rings. The molecule has 2 aliphatic rings. The first-order chi connectivity index (χ1) is 9.59. The number of amides is 1. The summed E-state index contributed by atoms with van der Waals surface area (Å²) in [5.41, 5.74) is -0.705. The highest BCUT2D eigenvalue weighted by molar-refractivity contribution is 5.77. The van der Waals surface area contributed by atoms with Crippen molar-refractivity contribution in [3.05, 3.63) is 0 Å². The molecule has 0 atom stereocenters. The molecule has 1 aliphatic carbocycles. The smallest absolute Gasteiger partial charge is 0.223 e. The van der Waals surface area contributed by atoms with Crippen LogP contribution in [0, 0.1) is 0 Å². The van der Waals surface area contributed by atoms with Gasteiger partial charge in [0.15, 0.2) is 0 Å². The topological polar surface area (TPSA) is 61.4 Å². The maximum absolute atomic E-state index is 12.3. The van der Waals surface area contributed by atoms with E-state index in [2.05, 4.69) is 38.3 Å². The van der Waals surface area contributed by atoms with Gasteiger partial charge in [0.25, 0.3) is 0 Å². The van der Waals surface area contributed by atoms with E-state index in [4.69, 9.17) is 0 Å². The van der Waals surface area contributed by atoms with E-state index >= 15 is 0 Å². The monoisotopic (exact) mass is 296 g/mol. The van der Waals surface area contributed by atoms with Gasteiger partial charge < -0.3 is 15.7 Å². The maximum atomic E-state index is 12.3. The molecule has 1 saturated heterocycles. The molecule has 0 aromatic rings. The molecule has 0 radical (unpaired) electrons. The Morgan fingerprint density at radius 1 is 1.10 bits per heavy atom. The summed E-state index contributed by atoms with van der Waals surface area (Å²) in [7, 11) is 0. The molecule has 122 valence electrons. The zero-order valence-corrected chi connectivity index (χ0v) is 14.1. The summed E-state index contributed by atoms with van der Waals surface area (Å²) in [4.78, 5) is 12.3. The molecule has 2 rings (SSSR count). The third-order valence-corrected chi connectivity index (χ3v) is 4.83. The van der Waals surface area contributed by atoms with Gasteiger partial charge in [0, 0.05) is 17.1 Å². The van der Waals surface area contributed by atoms with E-state index in [1.807, 2.05) is 0 Å². The lowest BCUT2D eigenvalue weighted by Gasteiger charge is -2.46. The minimum atomic E-state index is -0.764. The van der Waals surface area contributed by atoms with Gasteiger partial charge >= 0.3 is 0 Å². The van der Waals surface area contributed by atoms with Gasteiger partial charge in [0.1, 0.15) is 0 Å². The lowest BCUT2D eigenvalue weighted by molar-refractivity contribution is -0.128. The fourth-order valence-corrected chi connectivity index (χ4v) is 4.39. The second-order valence-electron chi connectivity index (χ2n) is 8.53. The molecule has 0 spiro atoms. The number of piperidine rings is 1. The highest BCUT2D eigenvalue weighted by Crippen LogP contribution is 2.32. The average molecular weight is 296 g/mol. The average Bonchev–Trinajstić information content (AvgIpc) is 2.23. The minimum absolute atomic E-state index is 0.0119. The van der Waals surface area contributed by atoms with Crippen LogP contribution >= 0.6 is 0 Å². The lowest BCUT2D eigenvalue weighted by Crippen LogP contribution is -2.62. The minimum Gasteiger partial charge on any atom is -0.389 e. The third-order valence-electron chi connectivity index (χ3n) is 4.83. The van der Waals surface area contributed by atoms with Gasteiger partial charge in [-0.05, 0) is 53.4 Å². The highest BCUT2D eigenvalue weighted by atomic mass is 16.3. The fraction of sp³-hybridized carbons (Fsp3) is 0.941. The van der Waals surface area contributed by atoms with Crippen LogP contribution in [0.3, 0.4) is 0 Å². The van der Waals surface area contributed by atoms with Crippen molar-refractivity contribution >= 4 is 5.91 Å². The van der Waals surface area contributed by atoms with E-state index in [0.29, 0.717) is 0 Å². The first-order valence-corrected chi connectivity index (χ1v) is 8.40. The standard InChI is InChI=1S/C17H32N2O2/c1-15(2)10-13(11-16(3,4)19-15)18-14(20)12-17(21)8-6-5-7-9-17/h13,19,21H,5-12H2,1-4H3,(H,18,20). The molecular formula is C17H32N2O2. The maximum Gasteiger partial charge on any atom is 0.223 e. The predicted octanol–water partition coefficient (Wildman–Crippen LogP) is 2.50. The van der Waals surface area contributed by atoms with Crippen molar-refractivity contribution in [2.24, 2.45) is 0 Å². The van der Waals surface area contributed by atoms with Gasteiger partial charge in [0.05, 0.1) is 12.0 Å². The van der Waals surface area contributed by atoms with Crippen molar-refractivity contribution in [1.29, 1.82) is 0 Å². The normalized spacial score (nSPS) is 28.0. The molecule has 0 unspecified atom stereocenters. The van der Waals surface area contributed by atoms with E-state index < -0.39 is 5.60 Å². The second-order valence-corrected chi connectivity index (χ2v) is 8.53. The summed E-state index contributed by atoms with van der Waals surface area (Å²) >= 11 is 0. The van der Waals surface area contributed by atoms with Crippen LogP contribution < -0.4 is 10.6 Å². The van der Waals surface area contributed by atoms with Gasteiger partial charge in [-0.2, -0.15) is 0 Å². The molecule has 1 saturated carbocycles. The molecule has 4 heteroatoms. The number of aliphatic hydroxyl groups is 1. The summed E-state index contributed by atoms with van der Waals surface area (Å²) < 4.78 is 0. The Morgan fingerprint density at radius 2 is 1.62 bits per heavy atom. The molecule has 1 heterocycles. The van der Waals surface area contributed by atoms with E-state index in [0.717, 1.165) is 38.5 Å². The van der Waals surface area contributed by atoms with Crippen molar-refractivity contribution < 1.29 is 9.90 Å². The lowest BCUT2D eigenvalue weighted by atomic mass is 9.79. The summed E-state index contributed by atoms with van der Waals surface area (Å²) in [6, 6.07) is 0.191. The van der Waals surface area contributed by atoms with Gasteiger partial charge in [-0.3, -0.25) is 4.79 Å². The quantitative estimate of drug-likeness (QED) is 0.750. The highest BCUT2D eigenvalue weighted by Gasteiger charge is 2.39. The number of rotatable bonds is 3. The molecule has 1 amide bonds. The Labute approximate surface area is 129 Å². The fourth-order valence-electron chi connectivity index (χ4n) is 4.39. The summed E-state index contributed by atoms with van der Waals surface area (Å²) in [5, 5.41) is 17.3. The Morgan fingerprint density at radius 3 is 2.14 bits per heavy atom. The molecule has 0 aromatic heterocycles. The van der Waals surface area contributed by atoms with Gasteiger partial charge in [-0.15, -0.1) is 0 Å². The number of carbonyl (C=O) groups excluding carboxylic acids is 1. The van der Waals surface area contributed by atoms with Crippen LogP contribution in [0.2, 0.25) is 0 Å². The molecule has 4 nitrogen and oxygen atoms in total. The number of carbonyl (C=O) groups is 1. The van der Waals surface area contributed by atoms with Crippen molar-refractivity contribution in [2.75, 3.05) is 0 Å². The van der Waals surface area contributed by atoms with Crippen LogP contribution in [0.4, 0.5) is 0 Å². The van der Waals surface area contributed by atoms with Crippen LogP contribution in [-0.4, -0.2) is 33.7 Å². The first-order valence-electron chi connectivity index (χ1n) is 8.40. The first kappa shape index (κ1) is 16.8. The van der Waals surface area contributed by atoms with Crippen molar-refractivity contribution in [2.45, 2.75) is 102 Å². The molecule has 0 aromatic carbocycles. The van der Waals surface area contributed by atoms with Crippen LogP contribution in [0.25, 0.3) is 0 Å². The molecule has 3 N–H and O–H groups in total. The molecule has 21 heavy (non-hydrogen) atoms. The van der Waals surface area contributed by atoms with Gasteiger partial charge in [-0.1, -0.05) is 19.3 Å². The van der Waals surface area contributed by atoms with E-state index in [1.165, 1.54) is 6.42 Å². The van der Waals surface area contributed by atoms with Crippen LogP contribution in [0.5, 0.6) is 0 Å². The van der Waals surface area contributed by atoms with E-state index in [1.54, 1.807) is 0 Å². The Bertz CT molecular complexity index is 368. The molecular weight excluding hydrogens is 264 g/mol. The summed E-state index contributed by atoms with van der Waals surface area (Å²) in [6.45, 7) is 8.73. The third kappa shape index (κ3) is 4.96. The number of hydrogen-bond acceptors (Lipinski definition) is 3. The van der Waals surface area contributed by atoms with Crippen molar-refractivity contribution in [3.8, 4) is 0 Å². The zero-order valence-electron chi connectivity index (χ0n) is 14.1. The van der Waals surface area contributed by atoms with Crippen molar-refractivity contribution in [3.63, 3.8) is 0 Å².